The molecule has 0 aliphatic carbocycles. The first-order valence-electron chi connectivity index (χ1n) is 8.00. The molecular weight excluding hydrogens is 278 g/mol. The molecular formula is C17H25N3O2. The van der Waals surface area contributed by atoms with Crippen molar-refractivity contribution in [1.82, 2.24) is 10.2 Å². The van der Waals surface area contributed by atoms with Crippen molar-refractivity contribution in [3.8, 4) is 5.75 Å². The molecule has 3 rings (SSSR count). The second-order valence-electron chi connectivity index (χ2n) is 6.62. The third-order valence-corrected chi connectivity index (χ3v) is 4.50. The van der Waals surface area contributed by atoms with Crippen molar-refractivity contribution in [2.24, 2.45) is 0 Å². The largest absolute Gasteiger partial charge is 0.476 e. The van der Waals surface area contributed by atoms with E-state index < -0.39 is 5.60 Å². The Kier molecular flexibility index (Phi) is 4.10. The van der Waals surface area contributed by atoms with Crippen molar-refractivity contribution in [3.05, 3.63) is 23.8 Å². The number of carbonyl (C=O) groups excluding carboxylic acids is 1. The lowest BCUT2D eigenvalue weighted by Gasteiger charge is -2.37. The van der Waals surface area contributed by atoms with E-state index in [4.69, 9.17) is 4.74 Å². The fourth-order valence-corrected chi connectivity index (χ4v) is 3.12. The summed E-state index contributed by atoms with van der Waals surface area (Å²) in [5.41, 5.74) is 1.34. The molecule has 22 heavy (non-hydrogen) atoms. The molecule has 2 aliphatic rings. The first kappa shape index (κ1) is 15.3. The zero-order valence-corrected chi connectivity index (χ0v) is 13.7. The van der Waals surface area contributed by atoms with Crippen molar-refractivity contribution >= 4 is 11.6 Å². The summed E-state index contributed by atoms with van der Waals surface area (Å²) in [7, 11) is 1.82. The zero-order valence-electron chi connectivity index (χ0n) is 13.7. The summed E-state index contributed by atoms with van der Waals surface area (Å²) in [6, 6.07) is 6.19. The molecule has 1 aromatic rings. The number of ether oxygens (including phenoxy) is 1. The summed E-state index contributed by atoms with van der Waals surface area (Å²) in [4.78, 5) is 16.5. The Morgan fingerprint density at radius 3 is 2.73 bits per heavy atom. The van der Waals surface area contributed by atoms with E-state index in [0.29, 0.717) is 0 Å². The predicted octanol–water partition coefficient (Wildman–Crippen LogP) is 1.27. The second kappa shape index (κ2) is 5.89. The first-order valence-corrected chi connectivity index (χ1v) is 8.00. The van der Waals surface area contributed by atoms with E-state index in [1.807, 2.05) is 27.0 Å². The van der Waals surface area contributed by atoms with Crippen LogP contribution in [-0.4, -0.2) is 56.2 Å². The molecule has 0 atom stereocenters. The van der Waals surface area contributed by atoms with Gasteiger partial charge in [-0.3, -0.25) is 4.79 Å². The van der Waals surface area contributed by atoms with Gasteiger partial charge in [-0.1, -0.05) is 6.07 Å². The Bertz CT molecular complexity index is 565. The summed E-state index contributed by atoms with van der Waals surface area (Å²) in [5, 5.41) is 3.37. The fourth-order valence-electron chi connectivity index (χ4n) is 3.12. The summed E-state index contributed by atoms with van der Waals surface area (Å²) < 4.78 is 5.84. The molecule has 0 radical (unpaired) electrons. The molecule has 0 saturated carbocycles. The Morgan fingerprint density at radius 1 is 1.27 bits per heavy atom. The van der Waals surface area contributed by atoms with Crippen LogP contribution in [0.4, 0.5) is 5.69 Å². The van der Waals surface area contributed by atoms with E-state index in [2.05, 4.69) is 22.3 Å². The van der Waals surface area contributed by atoms with Gasteiger partial charge in [-0.05, 0) is 38.0 Å². The van der Waals surface area contributed by atoms with E-state index in [9.17, 15) is 4.79 Å². The molecule has 1 amide bonds. The number of benzene rings is 1. The highest BCUT2D eigenvalue weighted by Crippen LogP contribution is 2.37. The number of fused-ring (bicyclic) bond motifs is 1. The van der Waals surface area contributed by atoms with Crippen molar-refractivity contribution in [2.75, 3.05) is 44.7 Å². The number of piperazine rings is 1. The van der Waals surface area contributed by atoms with Crippen LogP contribution < -0.4 is 15.0 Å². The number of nitrogens with one attached hydrogen (secondary N) is 1. The molecule has 0 aromatic heterocycles. The normalized spacial score (nSPS) is 21.4. The maximum atomic E-state index is 12.3. The highest BCUT2D eigenvalue weighted by molar-refractivity contribution is 6.01. The van der Waals surface area contributed by atoms with E-state index in [0.717, 1.165) is 50.6 Å². The Morgan fingerprint density at radius 2 is 2.00 bits per heavy atom. The number of amides is 1. The Balaban J connectivity index is 1.72. The van der Waals surface area contributed by atoms with Gasteiger partial charge in [0, 0.05) is 39.8 Å². The highest BCUT2D eigenvalue weighted by atomic mass is 16.5. The van der Waals surface area contributed by atoms with Gasteiger partial charge in [-0.2, -0.15) is 0 Å². The van der Waals surface area contributed by atoms with Crippen molar-refractivity contribution < 1.29 is 9.53 Å². The maximum absolute atomic E-state index is 12.3. The quantitative estimate of drug-likeness (QED) is 0.913. The van der Waals surface area contributed by atoms with Crippen molar-refractivity contribution in [2.45, 2.75) is 25.9 Å². The molecule has 1 N–H and O–H groups in total. The molecule has 2 aliphatic heterocycles. The first-order chi connectivity index (χ1) is 10.5. The summed E-state index contributed by atoms with van der Waals surface area (Å²) in [5.74, 6) is 0.789. The van der Waals surface area contributed by atoms with Crippen molar-refractivity contribution in [3.63, 3.8) is 0 Å². The molecule has 1 fully saturated rings. The number of hydrogen-bond acceptors (Lipinski definition) is 4. The number of carbonyl (C=O) groups is 1. The number of anilines is 1. The van der Waals surface area contributed by atoms with Crippen LogP contribution in [0, 0.1) is 0 Å². The van der Waals surface area contributed by atoms with Gasteiger partial charge in [0.05, 0.1) is 5.69 Å². The number of likely N-dealkylation sites (N-methyl/N-ethyl adjacent to an activating group) is 1. The fraction of sp³-hybridized carbons (Fsp3) is 0.588. The van der Waals surface area contributed by atoms with Gasteiger partial charge in [0.1, 0.15) is 5.75 Å². The van der Waals surface area contributed by atoms with Crippen molar-refractivity contribution in [1.29, 1.82) is 0 Å². The van der Waals surface area contributed by atoms with Gasteiger partial charge in [0.25, 0.3) is 5.91 Å². The molecule has 0 unspecified atom stereocenters. The zero-order chi connectivity index (χ0) is 15.7. The SMILES string of the molecule is CN1C(=O)C(C)(C)Oc2ccc(CCN3CCNCC3)cc21. The molecule has 0 spiro atoms. The average Bonchev–Trinajstić information content (AvgIpc) is 2.52. The molecule has 5 heteroatoms. The number of hydrogen-bond donors (Lipinski definition) is 1. The van der Waals surface area contributed by atoms with Gasteiger partial charge < -0.3 is 19.9 Å². The lowest BCUT2D eigenvalue weighted by atomic mass is 10.0. The second-order valence-corrected chi connectivity index (χ2v) is 6.62. The lowest BCUT2D eigenvalue weighted by Crippen LogP contribution is -2.50. The molecule has 120 valence electrons. The van der Waals surface area contributed by atoms with E-state index >= 15 is 0 Å². The molecule has 0 bridgehead atoms. The standard InChI is InChI=1S/C17H25N3O2/c1-17(2)16(21)19(3)14-12-13(4-5-15(14)22-17)6-9-20-10-7-18-8-11-20/h4-5,12,18H,6-11H2,1-3H3. The van der Waals surface area contributed by atoms with E-state index in [-0.39, 0.29) is 5.91 Å². The number of nitrogens with zero attached hydrogens (tertiary/aromatic N) is 2. The Hall–Kier alpha value is -1.59. The molecule has 2 heterocycles. The number of rotatable bonds is 3. The summed E-state index contributed by atoms with van der Waals surface area (Å²) >= 11 is 0. The minimum atomic E-state index is -0.788. The van der Waals surface area contributed by atoms with Gasteiger partial charge in [0.2, 0.25) is 0 Å². The topological polar surface area (TPSA) is 44.8 Å². The monoisotopic (exact) mass is 303 g/mol. The van der Waals surface area contributed by atoms with Crippen LogP contribution in [0.2, 0.25) is 0 Å². The van der Waals surface area contributed by atoms with Gasteiger partial charge >= 0.3 is 0 Å². The summed E-state index contributed by atoms with van der Waals surface area (Å²) in [6.07, 6.45) is 0.999. The van der Waals surface area contributed by atoms with E-state index in [1.54, 1.807) is 4.90 Å². The predicted molar refractivity (Wildman–Crippen MR) is 87.6 cm³/mol. The van der Waals surface area contributed by atoms with Crippen LogP contribution in [-0.2, 0) is 11.2 Å². The maximum Gasteiger partial charge on any atom is 0.270 e. The summed E-state index contributed by atoms with van der Waals surface area (Å²) in [6.45, 7) is 9.06. The third kappa shape index (κ3) is 2.96. The van der Waals surface area contributed by atoms with Crippen LogP contribution in [0.15, 0.2) is 18.2 Å². The van der Waals surface area contributed by atoms with Gasteiger partial charge in [0.15, 0.2) is 5.60 Å². The van der Waals surface area contributed by atoms with Gasteiger partial charge in [-0.25, -0.2) is 0 Å². The van der Waals surface area contributed by atoms with Crippen LogP contribution in [0.1, 0.15) is 19.4 Å². The van der Waals surface area contributed by atoms with Crippen LogP contribution in [0.5, 0.6) is 5.75 Å². The van der Waals surface area contributed by atoms with Crippen LogP contribution >= 0.6 is 0 Å². The Labute approximate surface area is 132 Å². The lowest BCUT2D eigenvalue weighted by molar-refractivity contribution is -0.132. The third-order valence-electron chi connectivity index (χ3n) is 4.50. The van der Waals surface area contributed by atoms with E-state index in [1.165, 1.54) is 5.56 Å². The van der Waals surface area contributed by atoms with Crippen LogP contribution in [0.3, 0.4) is 0 Å². The smallest absolute Gasteiger partial charge is 0.270 e. The minimum Gasteiger partial charge on any atom is -0.476 e. The van der Waals surface area contributed by atoms with Crippen LogP contribution in [0.25, 0.3) is 0 Å². The van der Waals surface area contributed by atoms with Gasteiger partial charge in [-0.15, -0.1) is 0 Å². The highest BCUT2D eigenvalue weighted by Gasteiger charge is 2.39. The minimum absolute atomic E-state index is 0.000690. The molecule has 5 nitrogen and oxygen atoms in total. The molecule has 1 saturated heterocycles. The molecule has 1 aromatic carbocycles. The average molecular weight is 303 g/mol.